The molecule has 0 unspecified atom stereocenters. The van der Waals surface area contributed by atoms with E-state index < -0.39 is 0 Å². The highest BCUT2D eigenvalue weighted by atomic mass is 79.9. The molecule has 1 fully saturated rings. The summed E-state index contributed by atoms with van der Waals surface area (Å²) < 4.78 is 1.17. The van der Waals surface area contributed by atoms with Crippen LogP contribution in [0.2, 0.25) is 0 Å². The van der Waals surface area contributed by atoms with Gasteiger partial charge in [0.05, 0.1) is 5.56 Å². The van der Waals surface area contributed by atoms with E-state index in [0.29, 0.717) is 5.41 Å². The summed E-state index contributed by atoms with van der Waals surface area (Å²) in [6.45, 7) is 0.779. The molecule has 1 aliphatic carbocycles. The molecule has 94 valence electrons. The van der Waals surface area contributed by atoms with E-state index >= 15 is 0 Å². The molecular formula is C14H14BrNOS. The van der Waals surface area contributed by atoms with Gasteiger partial charge in [0.25, 0.3) is 5.91 Å². The van der Waals surface area contributed by atoms with Gasteiger partial charge in [-0.3, -0.25) is 4.79 Å². The predicted octanol–water partition coefficient (Wildman–Crippen LogP) is 3.81. The van der Waals surface area contributed by atoms with Crippen molar-refractivity contribution in [2.24, 2.45) is 5.41 Å². The standard InChI is InChI=1S/C14H14BrNOS/c15-8-14(5-6-14)9-16-13(17)11-7-18-12-4-2-1-3-10(11)12/h1-4,7H,5-6,8-9H2,(H,16,17). The lowest BCUT2D eigenvalue weighted by atomic mass is 10.1. The molecule has 1 amide bonds. The molecule has 0 aliphatic heterocycles. The van der Waals surface area contributed by atoms with Crippen LogP contribution in [0.1, 0.15) is 23.2 Å². The predicted molar refractivity (Wildman–Crippen MR) is 79.6 cm³/mol. The van der Waals surface area contributed by atoms with Gasteiger partial charge in [-0.2, -0.15) is 0 Å². The zero-order chi connectivity index (χ0) is 12.6. The van der Waals surface area contributed by atoms with Crippen molar-refractivity contribution in [3.8, 4) is 0 Å². The molecule has 0 atom stereocenters. The highest BCUT2D eigenvalue weighted by Gasteiger charge is 2.41. The lowest BCUT2D eigenvalue weighted by Gasteiger charge is -2.12. The van der Waals surface area contributed by atoms with Crippen LogP contribution in [0.4, 0.5) is 0 Å². The van der Waals surface area contributed by atoms with Gasteiger partial charge in [-0.25, -0.2) is 0 Å². The van der Waals surface area contributed by atoms with Crippen LogP contribution in [-0.4, -0.2) is 17.8 Å². The number of hydrogen-bond donors (Lipinski definition) is 1. The van der Waals surface area contributed by atoms with E-state index in [-0.39, 0.29) is 5.91 Å². The Hall–Kier alpha value is -0.870. The number of rotatable bonds is 4. The average Bonchev–Trinajstić information content (AvgIpc) is 3.07. The zero-order valence-electron chi connectivity index (χ0n) is 9.91. The molecule has 0 radical (unpaired) electrons. The molecule has 1 saturated carbocycles. The van der Waals surface area contributed by atoms with Crippen molar-refractivity contribution in [2.45, 2.75) is 12.8 Å². The SMILES string of the molecule is O=C(NCC1(CBr)CC1)c1csc2ccccc12. The second-order valence-electron chi connectivity index (χ2n) is 4.96. The number of thiophene rings is 1. The van der Waals surface area contributed by atoms with Gasteiger partial charge in [-0.05, 0) is 24.3 Å². The third kappa shape index (κ3) is 2.19. The van der Waals surface area contributed by atoms with Crippen LogP contribution in [0.5, 0.6) is 0 Å². The van der Waals surface area contributed by atoms with E-state index in [9.17, 15) is 4.79 Å². The minimum atomic E-state index is 0.0553. The zero-order valence-corrected chi connectivity index (χ0v) is 12.3. The van der Waals surface area contributed by atoms with Crippen molar-refractivity contribution in [3.63, 3.8) is 0 Å². The quantitative estimate of drug-likeness (QED) is 0.852. The molecule has 4 heteroatoms. The Kier molecular flexibility index (Phi) is 3.16. The Morgan fingerprint density at radius 3 is 2.89 bits per heavy atom. The van der Waals surface area contributed by atoms with E-state index in [1.54, 1.807) is 11.3 Å². The van der Waals surface area contributed by atoms with Gasteiger partial charge >= 0.3 is 0 Å². The molecule has 0 spiro atoms. The molecule has 0 bridgehead atoms. The number of hydrogen-bond acceptors (Lipinski definition) is 2. The molecule has 0 saturated heterocycles. The molecule has 2 nitrogen and oxygen atoms in total. The van der Waals surface area contributed by atoms with Gasteiger partial charge in [0.2, 0.25) is 0 Å². The topological polar surface area (TPSA) is 29.1 Å². The van der Waals surface area contributed by atoms with Crippen molar-refractivity contribution in [3.05, 3.63) is 35.2 Å². The Morgan fingerprint density at radius 1 is 1.39 bits per heavy atom. The fraction of sp³-hybridized carbons (Fsp3) is 0.357. The number of amides is 1. The van der Waals surface area contributed by atoms with E-state index in [0.717, 1.165) is 22.8 Å². The van der Waals surface area contributed by atoms with E-state index in [1.165, 1.54) is 17.5 Å². The number of carbonyl (C=O) groups is 1. The van der Waals surface area contributed by atoms with E-state index in [2.05, 4.69) is 27.3 Å². The largest absolute Gasteiger partial charge is 0.351 e. The highest BCUT2D eigenvalue weighted by Crippen LogP contribution is 2.46. The fourth-order valence-electron chi connectivity index (χ4n) is 2.05. The summed E-state index contributed by atoms with van der Waals surface area (Å²) in [5.74, 6) is 0.0553. The van der Waals surface area contributed by atoms with Crippen molar-refractivity contribution >= 4 is 43.3 Å². The molecule has 2 aromatic rings. The van der Waals surface area contributed by atoms with Crippen molar-refractivity contribution in [1.82, 2.24) is 5.32 Å². The molecule has 1 aromatic heterocycles. The number of carbonyl (C=O) groups excluding carboxylic acids is 1. The summed E-state index contributed by atoms with van der Waals surface area (Å²) in [6, 6.07) is 8.05. The normalized spacial score (nSPS) is 16.7. The van der Waals surface area contributed by atoms with Gasteiger partial charge < -0.3 is 5.32 Å². The summed E-state index contributed by atoms with van der Waals surface area (Å²) in [7, 11) is 0. The fourth-order valence-corrected chi connectivity index (χ4v) is 3.75. The first-order valence-electron chi connectivity index (χ1n) is 6.05. The number of halogens is 1. The third-order valence-corrected chi connectivity index (χ3v) is 5.74. The van der Waals surface area contributed by atoms with Gasteiger partial charge in [-0.1, -0.05) is 34.1 Å². The average molecular weight is 324 g/mol. The minimum absolute atomic E-state index is 0.0553. The van der Waals surface area contributed by atoms with Crippen LogP contribution in [0.15, 0.2) is 29.6 Å². The molecule has 1 aromatic carbocycles. The highest BCUT2D eigenvalue weighted by molar-refractivity contribution is 9.09. The molecule has 1 N–H and O–H groups in total. The maximum absolute atomic E-state index is 12.2. The Morgan fingerprint density at radius 2 is 2.17 bits per heavy atom. The van der Waals surface area contributed by atoms with Crippen LogP contribution in [0.25, 0.3) is 10.1 Å². The number of alkyl halides is 1. The summed E-state index contributed by atoms with van der Waals surface area (Å²) in [6.07, 6.45) is 2.42. The number of nitrogens with one attached hydrogen (secondary N) is 1. The van der Waals surface area contributed by atoms with Crippen molar-refractivity contribution < 1.29 is 4.79 Å². The lowest BCUT2D eigenvalue weighted by molar-refractivity contribution is 0.0948. The van der Waals surface area contributed by atoms with Crippen LogP contribution in [0, 0.1) is 5.41 Å². The van der Waals surface area contributed by atoms with E-state index in [4.69, 9.17) is 0 Å². The first-order chi connectivity index (χ1) is 8.74. The Bertz CT molecular complexity index is 588. The molecule has 18 heavy (non-hydrogen) atoms. The first kappa shape index (κ1) is 12.2. The summed E-state index contributed by atoms with van der Waals surface area (Å²) in [5, 5.41) is 7.06. The first-order valence-corrected chi connectivity index (χ1v) is 8.05. The molecule has 3 rings (SSSR count). The molecule has 1 aliphatic rings. The second kappa shape index (κ2) is 4.67. The number of fused-ring (bicyclic) bond motifs is 1. The maximum Gasteiger partial charge on any atom is 0.252 e. The third-order valence-electron chi connectivity index (χ3n) is 3.59. The summed E-state index contributed by atoms with van der Waals surface area (Å²) in [4.78, 5) is 12.2. The van der Waals surface area contributed by atoms with Gasteiger partial charge in [0.15, 0.2) is 0 Å². The van der Waals surface area contributed by atoms with Gasteiger partial charge in [0.1, 0.15) is 0 Å². The summed E-state index contributed by atoms with van der Waals surface area (Å²) in [5.41, 5.74) is 1.13. The molecule has 1 heterocycles. The Labute approximate surface area is 119 Å². The van der Waals surface area contributed by atoms with Crippen molar-refractivity contribution in [1.29, 1.82) is 0 Å². The van der Waals surface area contributed by atoms with Crippen molar-refractivity contribution in [2.75, 3.05) is 11.9 Å². The summed E-state index contributed by atoms with van der Waals surface area (Å²) >= 11 is 5.15. The minimum Gasteiger partial charge on any atom is -0.351 e. The Balaban J connectivity index is 1.76. The van der Waals surface area contributed by atoms with Crippen LogP contribution < -0.4 is 5.32 Å². The van der Waals surface area contributed by atoms with Crippen LogP contribution in [0.3, 0.4) is 0 Å². The van der Waals surface area contributed by atoms with Crippen LogP contribution in [-0.2, 0) is 0 Å². The van der Waals surface area contributed by atoms with Gasteiger partial charge in [0, 0.05) is 27.3 Å². The molecular weight excluding hydrogens is 310 g/mol. The van der Waals surface area contributed by atoms with Crippen LogP contribution >= 0.6 is 27.3 Å². The van der Waals surface area contributed by atoms with Gasteiger partial charge in [-0.15, -0.1) is 11.3 Å². The number of benzene rings is 1. The van der Waals surface area contributed by atoms with E-state index in [1.807, 2.05) is 23.6 Å². The monoisotopic (exact) mass is 323 g/mol. The second-order valence-corrected chi connectivity index (χ2v) is 6.43. The smallest absolute Gasteiger partial charge is 0.252 e. The lowest BCUT2D eigenvalue weighted by Crippen LogP contribution is -2.30. The maximum atomic E-state index is 12.2.